The number of hydrogen-bond donors (Lipinski definition) is 1. The zero-order valence-corrected chi connectivity index (χ0v) is 10.6. The maximum Gasteiger partial charge on any atom is 0.0648 e. The molecule has 2 aliphatic carbocycles. The van der Waals surface area contributed by atoms with Crippen LogP contribution in [0.3, 0.4) is 0 Å². The second kappa shape index (κ2) is 4.97. The number of piperidine rings is 1. The highest BCUT2D eigenvalue weighted by molar-refractivity contribution is 5.90. The molecule has 0 unspecified atom stereocenters. The molecule has 3 fully saturated rings. The van der Waals surface area contributed by atoms with Gasteiger partial charge in [-0.3, -0.25) is 4.90 Å². The Kier molecular flexibility index (Phi) is 3.37. The summed E-state index contributed by atoms with van der Waals surface area (Å²) in [6.45, 7) is 2.54. The van der Waals surface area contributed by atoms with Crippen molar-refractivity contribution >= 4 is 5.71 Å². The lowest BCUT2D eigenvalue weighted by molar-refractivity contribution is 0.0972. The number of rotatable bonds is 1. The van der Waals surface area contributed by atoms with Gasteiger partial charge in [-0.15, -0.1) is 0 Å². The number of oxime groups is 1. The van der Waals surface area contributed by atoms with E-state index in [4.69, 9.17) is 0 Å². The van der Waals surface area contributed by atoms with Crippen LogP contribution in [0.2, 0.25) is 0 Å². The molecule has 1 aliphatic heterocycles. The summed E-state index contributed by atoms with van der Waals surface area (Å²) in [5.74, 6) is 1.16. The Bertz CT molecular complexity index is 297. The third-order valence-corrected chi connectivity index (χ3v) is 5.12. The van der Waals surface area contributed by atoms with Crippen molar-refractivity contribution in [1.82, 2.24) is 4.90 Å². The molecule has 1 saturated heterocycles. The minimum Gasteiger partial charge on any atom is -0.411 e. The molecule has 1 heterocycles. The molecule has 17 heavy (non-hydrogen) atoms. The standard InChI is InChI=1S/C14H24N2O/c17-15-14-11-5-4-6-12(14)13(8-7-11)16-9-2-1-3-10-16/h11-13,17H,1-10H2/b15-14+/t11-,12-,13-/m0/s1. The SMILES string of the molecule is O/N=C1\[C@H]2CCC[C@H]1[C@@H](N1CCCCC1)CC2. The summed E-state index contributed by atoms with van der Waals surface area (Å²) in [6.07, 6.45) is 10.5. The van der Waals surface area contributed by atoms with E-state index in [2.05, 4.69) is 10.1 Å². The normalized spacial score (nSPS) is 41.6. The van der Waals surface area contributed by atoms with Crippen molar-refractivity contribution in [2.24, 2.45) is 17.0 Å². The van der Waals surface area contributed by atoms with E-state index >= 15 is 0 Å². The number of likely N-dealkylation sites (tertiary alicyclic amines) is 1. The minimum absolute atomic E-state index is 0.561. The van der Waals surface area contributed by atoms with Gasteiger partial charge in [0.2, 0.25) is 0 Å². The third-order valence-electron chi connectivity index (χ3n) is 5.12. The fraction of sp³-hybridized carbons (Fsp3) is 0.929. The van der Waals surface area contributed by atoms with Crippen LogP contribution in [0, 0.1) is 11.8 Å². The molecular weight excluding hydrogens is 212 g/mol. The van der Waals surface area contributed by atoms with Crippen LogP contribution in [0.5, 0.6) is 0 Å². The summed E-state index contributed by atoms with van der Waals surface area (Å²) >= 11 is 0. The fourth-order valence-electron chi connectivity index (χ4n) is 4.28. The Morgan fingerprint density at radius 2 is 1.76 bits per heavy atom. The molecule has 3 rings (SSSR count). The van der Waals surface area contributed by atoms with Gasteiger partial charge < -0.3 is 5.21 Å². The fourth-order valence-corrected chi connectivity index (χ4v) is 4.28. The Hall–Kier alpha value is -0.570. The van der Waals surface area contributed by atoms with E-state index in [1.54, 1.807) is 0 Å². The van der Waals surface area contributed by atoms with Crippen molar-refractivity contribution in [3.8, 4) is 0 Å². The Morgan fingerprint density at radius 1 is 0.941 bits per heavy atom. The highest BCUT2D eigenvalue weighted by Crippen LogP contribution is 2.40. The number of hydrogen-bond acceptors (Lipinski definition) is 3. The smallest absolute Gasteiger partial charge is 0.0648 e. The van der Waals surface area contributed by atoms with Crippen molar-refractivity contribution in [1.29, 1.82) is 0 Å². The minimum atomic E-state index is 0.561. The van der Waals surface area contributed by atoms with E-state index < -0.39 is 0 Å². The van der Waals surface area contributed by atoms with Crippen LogP contribution < -0.4 is 0 Å². The van der Waals surface area contributed by atoms with Gasteiger partial charge in [0.25, 0.3) is 0 Å². The largest absolute Gasteiger partial charge is 0.411 e. The molecule has 96 valence electrons. The lowest BCUT2D eigenvalue weighted by atomic mass is 9.67. The summed E-state index contributed by atoms with van der Waals surface area (Å²) < 4.78 is 0. The molecule has 0 spiro atoms. The topological polar surface area (TPSA) is 35.8 Å². The van der Waals surface area contributed by atoms with Crippen molar-refractivity contribution in [2.75, 3.05) is 13.1 Å². The molecule has 3 aliphatic rings. The lowest BCUT2D eigenvalue weighted by Gasteiger charge is -2.46. The van der Waals surface area contributed by atoms with Crippen molar-refractivity contribution in [3.05, 3.63) is 0 Å². The van der Waals surface area contributed by atoms with E-state index in [-0.39, 0.29) is 0 Å². The highest BCUT2D eigenvalue weighted by atomic mass is 16.4. The van der Waals surface area contributed by atoms with Crippen LogP contribution in [0.1, 0.15) is 51.4 Å². The van der Waals surface area contributed by atoms with E-state index in [9.17, 15) is 5.21 Å². The van der Waals surface area contributed by atoms with Gasteiger partial charge in [0.15, 0.2) is 0 Å². The Balaban J connectivity index is 1.76. The van der Waals surface area contributed by atoms with Crippen LogP contribution in [-0.2, 0) is 0 Å². The van der Waals surface area contributed by atoms with Gasteiger partial charge in [-0.25, -0.2) is 0 Å². The molecule has 2 bridgehead atoms. The van der Waals surface area contributed by atoms with Crippen molar-refractivity contribution < 1.29 is 5.21 Å². The Morgan fingerprint density at radius 3 is 2.53 bits per heavy atom. The summed E-state index contributed by atoms with van der Waals surface area (Å²) in [5.41, 5.74) is 1.14. The number of fused-ring (bicyclic) bond motifs is 2. The molecular formula is C14H24N2O. The molecule has 0 aromatic carbocycles. The summed E-state index contributed by atoms with van der Waals surface area (Å²) in [7, 11) is 0. The highest BCUT2D eigenvalue weighted by Gasteiger charge is 2.41. The first-order valence-electron chi connectivity index (χ1n) is 7.36. The van der Waals surface area contributed by atoms with Gasteiger partial charge in [0.05, 0.1) is 5.71 Å². The first-order chi connectivity index (χ1) is 8.40. The first-order valence-corrected chi connectivity index (χ1v) is 7.36. The van der Waals surface area contributed by atoms with E-state index in [0.29, 0.717) is 17.9 Å². The molecule has 0 amide bonds. The predicted molar refractivity (Wildman–Crippen MR) is 68.5 cm³/mol. The summed E-state index contributed by atoms with van der Waals surface area (Å²) in [4.78, 5) is 2.68. The molecule has 3 atom stereocenters. The molecule has 0 aromatic heterocycles. The van der Waals surface area contributed by atoms with Gasteiger partial charge in [-0.05, 0) is 51.6 Å². The van der Waals surface area contributed by atoms with Gasteiger partial charge in [-0.1, -0.05) is 18.0 Å². The van der Waals surface area contributed by atoms with Gasteiger partial charge >= 0.3 is 0 Å². The maximum absolute atomic E-state index is 9.28. The van der Waals surface area contributed by atoms with Gasteiger partial charge in [0.1, 0.15) is 0 Å². The lowest BCUT2D eigenvalue weighted by Crippen LogP contribution is -2.51. The first kappa shape index (κ1) is 11.5. The van der Waals surface area contributed by atoms with E-state index in [0.717, 1.165) is 5.71 Å². The average Bonchev–Trinajstić information content (AvgIpc) is 2.39. The number of nitrogens with zero attached hydrogens (tertiary/aromatic N) is 2. The zero-order chi connectivity index (χ0) is 11.7. The second-order valence-corrected chi connectivity index (χ2v) is 6.00. The second-order valence-electron chi connectivity index (χ2n) is 6.00. The summed E-state index contributed by atoms with van der Waals surface area (Å²) in [6, 6.07) is 0.678. The van der Waals surface area contributed by atoms with Crippen LogP contribution in [0.15, 0.2) is 5.16 Å². The predicted octanol–water partition coefficient (Wildman–Crippen LogP) is 2.88. The molecule has 3 heteroatoms. The van der Waals surface area contributed by atoms with Crippen LogP contribution in [-0.4, -0.2) is 35.0 Å². The maximum atomic E-state index is 9.28. The average molecular weight is 236 g/mol. The van der Waals surface area contributed by atoms with Gasteiger partial charge in [0, 0.05) is 17.9 Å². The molecule has 1 N–H and O–H groups in total. The van der Waals surface area contributed by atoms with Gasteiger partial charge in [-0.2, -0.15) is 0 Å². The summed E-state index contributed by atoms with van der Waals surface area (Å²) in [5, 5.41) is 12.9. The molecule has 0 radical (unpaired) electrons. The third kappa shape index (κ3) is 2.10. The van der Waals surface area contributed by atoms with E-state index in [1.165, 1.54) is 64.5 Å². The van der Waals surface area contributed by atoms with E-state index in [1.807, 2.05) is 0 Å². The van der Waals surface area contributed by atoms with Crippen LogP contribution in [0.25, 0.3) is 0 Å². The van der Waals surface area contributed by atoms with Crippen molar-refractivity contribution in [2.45, 2.75) is 57.4 Å². The zero-order valence-electron chi connectivity index (χ0n) is 10.6. The van der Waals surface area contributed by atoms with Crippen molar-refractivity contribution in [3.63, 3.8) is 0 Å². The van der Waals surface area contributed by atoms with Crippen LogP contribution in [0.4, 0.5) is 0 Å². The molecule has 3 nitrogen and oxygen atoms in total. The molecule has 0 aromatic rings. The quantitative estimate of drug-likeness (QED) is 0.561. The Labute approximate surface area is 104 Å². The molecule has 2 saturated carbocycles. The monoisotopic (exact) mass is 236 g/mol. The van der Waals surface area contributed by atoms with Crippen LogP contribution >= 0.6 is 0 Å².